The van der Waals surface area contributed by atoms with Crippen LogP contribution in [0.25, 0.3) is 5.69 Å². The number of benzene rings is 1. The van der Waals surface area contributed by atoms with Crippen LogP contribution in [0.4, 0.5) is 10.6 Å². The fraction of sp³-hybridized carbons (Fsp3) is 0.450. The number of nitrogen functional groups attached to an aromatic ring is 1. The summed E-state index contributed by atoms with van der Waals surface area (Å²) in [6, 6.07) is 8.54. The Balaban J connectivity index is 2.08. The molecule has 1 amide bonds. The van der Waals surface area contributed by atoms with Gasteiger partial charge in [-0.05, 0) is 32.9 Å². The first-order valence-corrected chi connectivity index (χ1v) is 9.32. The van der Waals surface area contributed by atoms with Crippen molar-refractivity contribution in [3.63, 3.8) is 0 Å². The number of amides is 1. The monoisotopic (exact) mass is 402 g/mol. The maximum atomic E-state index is 12.8. The third kappa shape index (κ3) is 4.34. The highest BCUT2D eigenvalue weighted by atomic mass is 16.6. The molecule has 0 spiro atoms. The lowest BCUT2D eigenvalue weighted by Crippen LogP contribution is -2.46. The van der Waals surface area contributed by atoms with E-state index in [1.165, 1.54) is 16.7 Å². The highest BCUT2D eigenvalue weighted by molar-refractivity contribution is 5.91. The molecule has 9 nitrogen and oxygen atoms in total. The zero-order valence-electron chi connectivity index (χ0n) is 17.0. The second kappa shape index (κ2) is 8.12. The number of morpholine rings is 1. The van der Waals surface area contributed by atoms with Gasteiger partial charge >= 0.3 is 12.1 Å². The minimum Gasteiger partial charge on any atom is -0.464 e. The van der Waals surface area contributed by atoms with Gasteiger partial charge < -0.3 is 19.9 Å². The van der Waals surface area contributed by atoms with Crippen LogP contribution in [0.2, 0.25) is 0 Å². The number of nitrogens with two attached hydrogens (primary N) is 1. The molecule has 1 fully saturated rings. The van der Waals surface area contributed by atoms with E-state index in [1.54, 1.807) is 20.8 Å². The standard InChI is InChI=1S/C20H26N4O5/c1-20(2,3)29-19(26)23-10-11-28-12-14(23)15-16(18(25)27-4)22-24(17(15)21)13-8-6-5-7-9-13/h5-9,14H,10-12,21H2,1-4H3. The van der Waals surface area contributed by atoms with Crippen molar-refractivity contribution in [1.29, 1.82) is 0 Å². The summed E-state index contributed by atoms with van der Waals surface area (Å²) in [5, 5.41) is 4.38. The fourth-order valence-corrected chi connectivity index (χ4v) is 3.17. The quantitative estimate of drug-likeness (QED) is 0.786. The highest BCUT2D eigenvalue weighted by Gasteiger charge is 2.38. The Labute approximate surface area is 169 Å². The van der Waals surface area contributed by atoms with Crippen LogP contribution >= 0.6 is 0 Å². The molecular formula is C20H26N4O5. The lowest BCUT2D eigenvalue weighted by Gasteiger charge is -2.36. The van der Waals surface area contributed by atoms with Crippen LogP contribution < -0.4 is 5.73 Å². The van der Waals surface area contributed by atoms with Crippen LogP contribution in [-0.4, -0.2) is 59.2 Å². The summed E-state index contributed by atoms with van der Waals surface area (Å²) < 4.78 is 17.5. The van der Waals surface area contributed by atoms with Gasteiger partial charge in [-0.25, -0.2) is 14.3 Å². The third-order valence-electron chi connectivity index (χ3n) is 4.43. The molecule has 29 heavy (non-hydrogen) atoms. The van der Waals surface area contributed by atoms with E-state index >= 15 is 0 Å². The van der Waals surface area contributed by atoms with Gasteiger partial charge in [0.05, 0.1) is 37.6 Å². The van der Waals surface area contributed by atoms with Crippen LogP contribution in [-0.2, 0) is 14.2 Å². The van der Waals surface area contributed by atoms with E-state index in [-0.39, 0.29) is 18.1 Å². The van der Waals surface area contributed by atoms with E-state index in [4.69, 9.17) is 19.9 Å². The maximum absolute atomic E-state index is 12.8. The van der Waals surface area contributed by atoms with Crippen molar-refractivity contribution in [2.24, 2.45) is 0 Å². The van der Waals surface area contributed by atoms with Crippen molar-refractivity contribution >= 4 is 17.9 Å². The summed E-state index contributed by atoms with van der Waals surface area (Å²) in [6.07, 6.45) is -0.506. The van der Waals surface area contributed by atoms with E-state index in [0.717, 1.165) is 0 Å². The van der Waals surface area contributed by atoms with Crippen molar-refractivity contribution in [2.75, 3.05) is 32.6 Å². The molecule has 2 heterocycles. The summed E-state index contributed by atoms with van der Waals surface area (Å²) in [6.45, 7) is 6.20. The van der Waals surface area contributed by atoms with Gasteiger partial charge in [-0.3, -0.25) is 4.90 Å². The number of para-hydroxylation sites is 1. The summed E-state index contributed by atoms with van der Waals surface area (Å²) in [4.78, 5) is 26.8. The van der Waals surface area contributed by atoms with Gasteiger partial charge in [-0.2, -0.15) is 5.10 Å². The zero-order valence-corrected chi connectivity index (χ0v) is 17.0. The molecule has 1 aromatic heterocycles. The molecule has 1 aromatic carbocycles. The average Bonchev–Trinajstić information content (AvgIpc) is 3.03. The number of nitrogens with zero attached hydrogens (tertiary/aromatic N) is 3. The van der Waals surface area contributed by atoms with Crippen LogP contribution in [0.1, 0.15) is 42.9 Å². The Bertz CT molecular complexity index is 888. The Kier molecular flexibility index (Phi) is 5.78. The second-order valence-corrected chi connectivity index (χ2v) is 7.65. The van der Waals surface area contributed by atoms with Gasteiger partial charge in [0.1, 0.15) is 11.4 Å². The number of hydrogen-bond acceptors (Lipinski definition) is 7. The predicted molar refractivity (Wildman–Crippen MR) is 106 cm³/mol. The lowest BCUT2D eigenvalue weighted by molar-refractivity contribution is -0.0332. The first-order chi connectivity index (χ1) is 13.7. The molecule has 9 heteroatoms. The van der Waals surface area contributed by atoms with Gasteiger partial charge in [0.2, 0.25) is 0 Å². The van der Waals surface area contributed by atoms with Crippen molar-refractivity contribution in [2.45, 2.75) is 32.4 Å². The lowest BCUT2D eigenvalue weighted by atomic mass is 10.0. The molecule has 1 atom stereocenters. The number of carbonyl (C=O) groups excluding carboxylic acids is 2. The fourth-order valence-electron chi connectivity index (χ4n) is 3.17. The smallest absolute Gasteiger partial charge is 0.410 e. The minimum absolute atomic E-state index is 0.0397. The van der Waals surface area contributed by atoms with Crippen molar-refractivity contribution in [1.82, 2.24) is 14.7 Å². The summed E-state index contributed by atoms with van der Waals surface area (Å²) in [5.74, 6) is -0.406. The van der Waals surface area contributed by atoms with Gasteiger partial charge in [-0.15, -0.1) is 0 Å². The Morgan fingerprint density at radius 3 is 2.55 bits per heavy atom. The molecule has 1 saturated heterocycles. The number of hydrogen-bond donors (Lipinski definition) is 1. The Morgan fingerprint density at radius 2 is 1.93 bits per heavy atom. The van der Waals surface area contributed by atoms with E-state index in [0.29, 0.717) is 24.4 Å². The molecule has 3 rings (SSSR count). The third-order valence-corrected chi connectivity index (χ3v) is 4.43. The number of anilines is 1. The molecule has 0 radical (unpaired) electrons. The summed E-state index contributed by atoms with van der Waals surface area (Å²) in [5.41, 5.74) is 6.85. The van der Waals surface area contributed by atoms with E-state index in [2.05, 4.69) is 5.10 Å². The molecule has 0 saturated carbocycles. The van der Waals surface area contributed by atoms with Crippen LogP contribution in [0, 0.1) is 0 Å². The van der Waals surface area contributed by atoms with Gasteiger partial charge in [0.15, 0.2) is 5.69 Å². The SMILES string of the molecule is COC(=O)c1nn(-c2ccccc2)c(N)c1C1COCCN1C(=O)OC(C)(C)C. The molecule has 1 aliphatic heterocycles. The normalized spacial score (nSPS) is 17.1. The first-order valence-electron chi connectivity index (χ1n) is 9.32. The maximum Gasteiger partial charge on any atom is 0.410 e. The van der Waals surface area contributed by atoms with Crippen LogP contribution in [0.15, 0.2) is 30.3 Å². The van der Waals surface area contributed by atoms with E-state index in [1.807, 2.05) is 30.3 Å². The molecule has 0 bridgehead atoms. The summed E-state index contributed by atoms with van der Waals surface area (Å²) in [7, 11) is 1.27. The number of ether oxygens (including phenoxy) is 3. The minimum atomic E-state index is -0.662. The van der Waals surface area contributed by atoms with E-state index in [9.17, 15) is 9.59 Å². The van der Waals surface area contributed by atoms with Crippen LogP contribution in [0.5, 0.6) is 0 Å². The molecule has 1 aliphatic rings. The zero-order chi connectivity index (χ0) is 21.2. The number of aromatic nitrogens is 2. The van der Waals surface area contributed by atoms with Crippen molar-refractivity contribution < 1.29 is 23.8 Å². The van der Waals surface area contributed by atoms with Gasteiger partial charge in [0.25, 0.3) is 0 Å². The number of esters is 1. The molecule has 156 valence electrons. The van der Waals surface area contributed by atoms with Crippen LogP contribution in [0.3, 0.4) is 0 Å². The largest absolute Gasteiger partial charge is 0.464 e. The average molecular weight is 402 g/mol. The predicted octanol–water partition coefficient (Wildman–Crippen LogP) is 2.55. The molecule has 2 N–H and O–H groups in total. The molecule has 1 unspecified atom stereocenters. The number of rotatable bonds is 3. The number of carbonyl (C=O) groups is 2. The first kappa shape index (κ1) is 20.7. The Morgan fingerprint density at radius 1 is 1.24 bits per heavy atom. The highest BCUT2D eigenvalue weighted by Crippen LogP contribution is 2.34. The van der Waals surface area contributed by atoms with Crippen molar-refractivity contribution in [3.05, 3.63) is 41.6 Å². The van der Waals surface area contributed by atoms with Crippen molar-refractivity contribution in [3.8, 4) is 5.69 Å². The molecular weight excluding hydrogens is 376 g/mol. The second-order valence-electron chi connectivity index (χ2n) is 7.65. The topological polar surface area (TPSA) is 109 Å². The molecule has 2 aromatic rings. The number of methoxy groups -OCH3 is 1. The summed E-state index contributed by atoms with van der Waals surface area (Å²) >= 11 is 0. The Hall–Kier alpha value is -3.07. The van der Waals surface area contributed by atoms with E-state index < -0.39 is 23.7 Å². The molecule has 0 aliphatic carbocycles. The van der Waals surface area contributed by atoms with Gasteiger partial charge in [-0.1, -0.05) is 18.2 Å². The van der Waals surface area contributed by atoms with Gasteiger partial charge in [0, 0.05) is 6.54 Å².